The summed E-state index contributed by atoms with van der Waals surface area (Å²) in [7, 11) is 1.65. The van der Waals surface area contributed by atoms with Crippen LogP contribution in [0.15, 0.2) is 65.2 Å². The van der Waals surface area contributed by atoms with Crippen LogP contribution in [-0.4, -0.2) is 55.9 Å². The quantitative estimate of drug-likeness (QED) is 0.648. The molecule has 2 aromatic carbocycles. The molecule has 1 amide bonds. The lowest BCUT2D eigenvalue weighted by molar-refractivity contribution is 0.0162. The van der Waals surface area contributed by atoms with E-state index in [1.165, 1.54) is 0 Å². The van der Waals surface area contributed by atoms with Crippen molar-refractivity contribution in [2.75, 3.05) is 40.0 Å². The lowest BCUT2D eigenvalue weighted by atomic mass is 10.0. The highest BCUT2D eigenvalue weighted by atomic mass is 16.5. The van der Waals surface area contributed by atoms with Crippen LogP contribution in [0.2, 0.25) is 0 Å². The van der Waals surface area contributed by atoms with Gasteiger partial charge in [-0.3, -0.25) is 9.69 Å². The van der Waals surface area contributed by atoms with E-state index < -0.39 is 0 Å². The number of methoxy groups -OCH3 is 1. The molecule has 7 heteroatoms. The predicted molar refractivity (Wildman–Crippen MR) is 112 cm³/mol. The maximum Gasteiger partial charge on any atom is 0.273 e. The van der Waals surface area contributed by atoms with Crippen LogP contribution in [0.1, 0.15) is 22.1 Å². The van der Waals surface area contributed by atoms with Gasteiger partial charge in [0.15, 0.2) is 11.5 Å². The number of carbonyl (C=O) groups excluding carboxylic acids is 1. The average molecular weight is 407 g/mol. The minimum Gasteiger partial charge on any atom is -0.497 e. The van der Waals surface area contributed by atoms with E-state index in [0.717, 1.165) is 30.0 Å². The van der Waals surface area contributed by atoms with Crippen molar-refractivity contribution >= 4 is 5.91 Å². The Bertz CT molecular complexity index is 950. The summed E-state index contributed by atoms with van der Waals surface area (Å²) in [6, 6.07) is 19.2. The number of hydrogen-bond donors (Lipinski definition) is 1. The second-order valence-electron chi connectivity index (χ2n) is 7.09. The van der Waals surface area contributed by atoms with Crippen molar-refractivity contribution in [3.63, 3.8) is 0 Å². The monoisotopic (exact) mass is 407 g/mol. The Morgan fingerprint density at radius 3 is 2.57 bits per heavy atom. The second kappa shape index (κ2) is 9.56. The molecule has 1 aliphatic rings. The Morgan fingerprint density at radius 1 is 1.13 bits per heavy atom. The van der Waals surface area contributed by atoms with Gasteiger partial charge < -0.3 is 19.3 Å². The van der Waals surface area contributed by atoms with Crippen LogP contribution >= 0.6 is 0 Å². The molecule has 0 unspecified atom stereocenters. The van der Waals surface area contributed by atoms with E-state index in [2.05, 4.69) is 15.4 Å². The van der Waals surface area contributed by atoms with Crippen LogP contribution in [0, 0.1) is 0 Å². The molecule has 1 atom stereocenters. The molecule has 1 saturated heterocycles. The van der Waals surface area contributed by atoms with Gasteiger partial charge in [-0.25, -0.2) is 0 Å². The maximum absolute atomic E-state index is 12.7. The molecule has 3 aromatic rings. The summed E-state index contributed by atoms with van der Waals surface area (Å²) in [5, 5.41) is 6.95. The summed E-state index contributed by atoms with van der Waals surface area (Å²) in [6.45, 7) is 3.46. The molecule has 1 aromatic heterocycles. The molecule has 30 heavy (non-hydrogen) atoms. The van der Waals surface area contributed by atoms with E-state index in [-0.39, 0.29) is 17.6 Å². The van der Waals surface area contributed by atoms with E-state index in [1.807, 2.05) is 54.6 Å². The second-order valence-corrected chi connectivity index (χ2v) is 7.09. The van der Waals surface area contributed by atoms with Crippen molar-refractivity contribution in [3.8, 4) is 17.1 Å². The van der Waals surface area contributed by atoms with E-state index in [0.29, 0.717) is 25.5 Å². The average Bonchev–Trinajstić information content (AvgIpc) is 3.31. The van der Waals surface area contributed by atoms with Crippen LogP contribution in [-0.2, 0) is 4.74 Å². The first kappa shape index (κ1) is 20.1. The van der Waals surface area contributed by atoms with Crippen molar-refractivity contribution in [3.05, 3.63) is 71.9 Å². The first-order valence-corrected chi connectivity index (χ1v) is 10.0. The first-order valence-electron chi connectivity index (χ1n) is 10.0. The molecule has 0 bridgehead atoms. The van der Waals surface area contributed by atoms with Gasteiger partial charge in [0, 0.05) is 31.3 Å². The van der Waals surface area contributed by atoms with Crippen molar-refractivity contribution in [1.29, 1.82) is 0 Å². The minimum absolute atomic E-state index is 0.0317. The van der Waals surface area contributed by atoms with Gasteiger partial charge in [0.2, 0.25) is 0 Å². The van der Waals surface area contributed by atoms with Gasteiger partial charge in [-0.15, -0.1) is 0 Å². The molecular weight excluding hydrogens is 382 g/mol. The fraction of sp³-hybridized carbons (Fsp3) is 0.304. The van der Waals surface area contributed by atoms with Crippen molar-refractivity contribution in [2.45, 2.75) is 6.04 Å². The number of hydrogen-bond acceptors (Lipinski definition) is 6. The van der Waals surface area contributed by atoms with Crippen LogP contribution in [0.25, 0.3) is 11.3 Å². The number of amides is 1. The lowest BCUT2D eigenvalue weighted by Crippen LogP contribution is -2.43. The van der Waals surface area contributed by atoms with Gasteiger partial charge >= 0.3 is 0 Å². The molecule has 7 nitrogen and oxygen atoms in total. The van der Waals surface area contributed by atoms with E-state index in [4.69, 9.17) is 14.0 Å². The number of morpholine rings is 1. The summed E-state index contributed by atoms with van der Waals surface area (Å²) >= 11 is 0. The Balaban J connectivity index is 1.46. The molecule has 0 saturated carbocycles. The van der Waals surface area contributed by atoms with Crippen LogP contribution in [0.3, 0.4) is 0 Å². The number of ether oxygens (including phenoxy) is 2. The van der Waals surface area contributed by atoms with Gasteiger partial charge in [-0.1, -0.05) is 47.6 Å². The highest BCUT2D eigenvalue weighted by Gasteiger charge is 2.24. The van der Waals surface area contributed by atoms with Gasteiger partial charge in [-0.05, 0) is 17.7 Å². The van der Waals surface area contributed by atoms with Crippen molar-refractivity contribution in [1.82, 2.24) is 15.4 Å². The van der Waals surface area contributed by atoms with Gasteiger partial charge in [0.25, 0.3) is 5.91 Å². The molecule has 0 radical (unpaired) electrons. The summed E-state index contributed by atoms with van der Waals surface area (Å²) in [6.07, 6.45) is 0. The number of rotatable bonds is 7. The zero-order valence-corrected chi connectivity index (χ0v) is 16.9. The molecule has 1 aliphatic heterocycles. The Morgan fingerprint density at radius 2 is 1.87 bits per heavy atom. The number of nitrogens with zero attached hydrogens (tertiary/aromatic N) is 2. The summed E-state index contributed by atoms with van der Waals surface area (Å²) in [4.78, 5) is 15.0. The highest BCUT2D eigenvalue weighted by molar-refractivity contribution is 5.93. The van der Waals surface area contributed by atoms with Gasteiger partial charge in [0.1, 0.15) is 5.75 Å². The molecular formula is C23H25N3O4. The molecule has 4 rings (SSSR count). The molecule has 0 aliphatic carbocycles. The predicted octanol–water partition coefficient (Wildman–Crippen LogP) is 3.15. The fourth-order valence-corrected chi connectivity index (χ4v) is 3.57. The normalized spacial score (nSPS) is 15.5. The molecule has 2 heterocycles. The van der Waals surface area contributed by atoms with Crippen LogP contribution in [0.5, 0.6) is 5.75 Å². The zero-order valence-electron chi connectivity index (χ0n) is 16.9. The van der Waals surface area contributed by atoms with Gasteiger partial charge in [0.05, 0.1) is 26.4 Å². The van der Waals surface area contributed by atoms with E-state index in [1.54, 1.807) is 13.2 Å². The minimum atomic E-state index is -0.257. The molecule has 1 fully saturated rings. The maximum atomic E-state index is 12.7. The summed E-state index contributed by atoms with van der Waals surface area (Å²) in [5.41, 5.74) is 2.26. The Labute approximate surface area is 175 Å². The smallest absolute Gasteiger partial charge is 0.273 e. The summed E-state index contributed by atoms with van der Waals surface area (Å²) < 4.78 is 16.1. The van der Waals surface area contributed by atoms with Crippen LogP contribution < -0.4 is 10.1 Å². The Hall–Kier alpha value is -3.16. The number of benzene rings is 2. The highest BCUT2D eigenvalue weighted by Crippen LogP contribution is 2.24. The molecule has 1 N–H and O–H groups in total. The number of aromatic nitrogens is 1. The third-order valence-electron chi connectivity index (χ3n) is 5.24. The third-order valence-corrected chi connectivity index (χ3v) is 5.24. The number of nitrogens with one attached hydrogen (secondary N) is 1. The Kier molecular flexibility index (Phi) is 6.41. The third kappa shape index (κ3) is 4.69. The zero-order chi connectivity index (χ0) is 20.8. The summed E-state index contributed by atoms with van der Waals surface area (Å²) in [5.74, 6) is 1.12. The van der Waals surface area contributed by atoms with Crippen molar-refractivity contribution < 1.29 is 18.8 Å². The SMILES string of the molecule is COc1ccc([C@H](CNC(=O)c2cc(-c3ccccc3)on2)N2CCOCC2)cc1. The molecule has 0 spiro atoms. The first-order chi connectivity index (χ1) is 14.7. The van der Waals surface area contributed by atoms with Gasteiger partial charge in [-0.2, -0.15) is 0 Å². The lowest BCUT2D eigenvalue weighted by Gasteiger charge is -2.34. The largest absolute Gasteiger partial charge is 0.497 e. The topological polar surface area (TPSA) is 76.8 Å². The molecule has 156 valence electrons. The van der Waals surface area contributed by atoms with E-state index in [9.17, 15) is 4.79 Å². The number of carbonyl (C=O) groups is 1. The van der Waals surface area contributed by atoms with Crippen LogP contribution in [0.4, 0.5) is 0 Å². The van der Waals surface area contributed by atoms with Crippen molar-refractivity contribution in [2.24, 2.45) is 0 Å². The van der Waals surface area contributed by atoms with E-state index >= 15 is 0 Å². The fourth-order valence-electron chi connectivity index (χ4n) is 3.57. The standard InChI is InChI=1S/C23H25N3O4/c1-28-19-9-7-17(8-10-19)21(26-11-13-29-14-12-26)16-24-23(27)20-15-22(30-25-20)18-5-3-2-4-6-18/h2-10,15,21H,11-14,16H2,1H3,(H,24,27)/t21-/m0/s1.